The molecule has 0 aliphatic heterocycles. The summed E-state index contributed by atoms with van der Waals surface area (Å²) in [5.41, 5.74) is 0.448. The van der Waals surface area contributed by atoms with Gasteiger partial charge in [-0.25, -0.2) is 4.57 Å². The first-order valence-corrected chi connectivity index (χ1v) is 6.13. The maximum atomic E-state index is 10.0. The first kappa shape index (κ1) is 14.1. The van der Waals surface area contributed by atoms with Crippen molar-refractivity contribution in [2.75, 3.05) is 6.61 Å². The van der Waals surface area contributed by atoms with Crippen molar-refractivity contribution < 1.29 is 9.09 Å². The van der Waals surface area contributed by atoms with Gasteiger partial charge in [0.25, 0.3) is 0 Å². The highest BCUT2D eigenvalue weighted by molar-refractivity contribution is 7.17. The molecule has 0 heterocycles. The molecule has 0 amide bonds. The molecule has 14 heavy (non-hydrogen) atoms. The van der Waals surface area contributed by atoms with Crippen LogP contribution < -0.4 is 0 Å². The second kappa shape index (κ2) is 7.36. The van der Waals surface area contributed by atoms with Gasteiger partial charge in [-0.3, -0.25) is 4.52 Å². The fourth-order valence-corrected chi connectivity index (χ4v) is 1.60. The van der Waals surface area contributed by atoms with Crippen LogP contribution in [0.4, 0.5) is 0 Å². The quantitative estimate of drug-likeness (QED) is 0.466. The van der Waals surface area contributed by atoms with Crippen LogP contribution >= 0.6 is 8.69 Å². The average Bonchev–Trinajstić information content (AvgIpc) is 2.02. The second-order valence-corrected chi connectivity index (χ2v) is 5.66. The monoisotopic (exact) mass is 218 g/mol. The summed E-state index contributed by atoms with van der Waals surface area (Å²) in [6.45, 7) is 9.67. The lowest BCUT2D eigenvalue weighted by Gasteiger charge is -2.19. The van der Waals surface area contributed by atoms with Crippen LogP contribution in [-0.4, -0.2) is 6.61 Å². The van der Waals surface area contributed by atoms with E-state index in [1.54, 1.807) is 0 Å². The summed E-state index contributed by atoms with van der Waals surface area (Å²) < 4.78 is 14.8. The van der Waals surface area contributed by atoms with Crippen molar-refractivity contribution in [1.29, 1.82) is 0 Å². The molecular weight excluding hydrogens is 195 g/mol. The van der Waals surface area contributed by atoms with Crippen molar-refractivity contribution in [3.05, 3.63) is 0 Å². The molecular formula is C11H23O2P. The van der Waals surface area contributed by atoms with Crippen LogP contribution in [0, 0.1) is 11.3 Å². The third-order valence-corrected chi connectivity index (χ3v) is 2.67. The lowest BCUT2D eigenvalue weighted by molar-refractivity contribution is 0.286. The summed E-state index contributed by atoms with van der Waals surface area (Å²) in [5, 5.41) is 0. The van der Waals surface area contributed by atoms with Gasteiger partial charge < -0.3 is 0 Å². The maximum absolute atomic E-state index is 10.0. The third kappa shape index (κ3) is 10.1. The van der Waals surface area contributed by atoms with E-state index in [0.717, 1.165) is 6.42 Å². The molecule has 84 valence electrons. The van der Waals surface area contributed by atoms with Crippen LogP contribution in [0.5, 0.6) is 0 Å². The predicted octanol–water partition coefficient (Wildman–Crippen LogP) is 4.45. The van der Waals surface area contributed by atoms with Crippen LogP contribution in [0.15, 0.2) is 0 Å². The molecule has 0 N–H and O–H groups in total. The molecule has 0 aromatic carbocycles. The lowest BCUT2D eigenvalue weighted by atomic mass is 9.88. The minimum absolute atomic E-state index is 0.189. The highest BCUT2D eigenvalue weighted by atomic mass is 31.1. The van der Waals surface area contributed by atoms with Gasteiger partial charge in [0.1, 0.15) is 0 Å². The van der Waals surface area contributed by atoms with E-state index in [4.69, 9.17) is 4.52 Å². The normalized spacial score (nSPS) is 14.6. The van der Waals surface area contributed by atoms with Crippen LogP contribution in [0.2, 0.25) is 0 Å². The Hall–Kier alpha value is 0.0600. The minimum atomic E-state index is -0.189. The second-order valence-electron chi connectivity index (χ2n) is 5.25. The molecule has 3 heteroatoms. The van der Waals surface area contributed by atoms with Gasteiger partial charge in [0.15, 0.2) is 0 Å². The van der Waals surface area contributed by atoms with Crippen molar-refractivity contribution >= 4 is 8.69 Å². The molecule has 0 aromatic rings. The highest BCUT2D eigenvalue weighted by Gasteiger charge is 2.10. The van der Waals surface area contributed by atoms with Gasteiger partial charge in [0.05, 0.1) is 6.61 Å². The smallest absolute Gasteiger partial charge is 0.294 e. The topological polar surface area (TPSA) is 26.3 Å². The van der Waals surface area contributed by atoms with Gasteiger partial charge in [0, 0.05) is 0 Å². The Kier molecular flexibility index (Phi) is 7.40. The molecule has 0 saturated carbocycles. The molecule has 0 radical (unpaired) electrons. The van der Waals surface area contributed by atoms with Crippen LogP contribution in [-0.2, 0) is 9.09 Å². The molecule has 1 atom stereocenters. The average molecular weight is 218 g/mol. The Balaban J connectivity index is 3.35. The summed E-state index contributed by atoms with van der Waals surface area (Å²) in [4.78, 5) is 0. The fourth-order valence-electron chi connectivity index (χ4n) is 1.42. The van der Waals surface area contributed by atoms with E-state index < -0.39 is 0 Å². The number of rotatable bonds is 7. The number of hydrogen-bond donors (Lipinski definition) is 0. The van der Waals surface area contributed by atoms with E-state index in [-0.39, 0.29) is 8.69 Å². The van der Waals surface area contributed by atoms with Crippen molar-refractivity contribution in [3.8, 4) is 0 Å². The predicted molar refractivity (Wildman–Crippen MR) is 60.6 cm³/mol. The van der Waals surface area contributed by atoms with Crippen LogP contribution in [0.1, 0.15) is 53.4 Å². The Bertz CT molecular complexity index is 152. The standard InChI is InChI=1S/C11H23O2P/c1-10(7-9-13-14-12)6-5-8-11(2,3)4/h10H,5-9H2,1-4H3. The van der Waals surface area contributed by atoms with E-state index >= 15 is 0 Å². The van der Waals surface area contributed by atoms with E-state index in [0.29, 0.717) is 17.9 Å². The molecule has 1 unspecified atom stereocenters. The summed E-state index contributed by atoms with van der Waals surface area (Å²) in [6, 6.07) is 0. The van der Waals surface area contributed by atoms with Gasteiger partial charge in [-0.1, -0.05) is 40.5 Å². The van der Waals surface area contributed by atoms with Crippen LogP contribution in [0.3, 0.4) is 0 Å². The van der Waals surface area contributed by atoms with E-state index in [1.807, 2.05) is 0 Å². The van der Waals surface area contributed by atoms with Gasteiger partial charge in [-0.05, 0) is 24.2 Å². The maximum Gasteiger partial charge on any atom is 0.327 e. The molecule has 0 rings (SSSR count). The first-order chi connectivity index (χ1) is 6.45. The molecule has 0 spiro atoms. The lowest BCUT2D eigenvalue weighted by Crippen LogP contribution is -2.06. The van der Waals surface area contributed by atoms with Gasteiger partial charge in [-0.2, -0.15) is 0 Å². The molecule has 0 aromatic heterocycles. The zero-order valence-corrected chi connectivity index (χ0v) is 10.8. The van der Waals surface area contributed by atoms with Crippen molar-refractivity contribution in [2.24, 2.45) is 11.3 Å². The molecule has 2 nitrogen and oxygen atoms in total. The molecule has 0 saturated heterocycles. The van der Waals surface area contributed by atoms with Gasteiger partial charge in [-0.15, -0.1) is 0 Å². The zero-order valence-electron chi connectivity index (χ0n) is 9.88. The zero-order chi connectivity index (χ0) is 11.0. The minimum Gasteiger partial charge on any atom is -0.294 e. The van der Waals surface area contributed by atoms with Crippen molar-refractivity contribution in [1.82, 2.24) is 0 Å². The van der Waals surface area contributed by atoms with Crippen molar-refractivity contribution in [2.45, 2.75) is 53.4 Å². The summed E-state index contributed by atoms with van der Waals surface area (Å²) in [6.07, 6.45) is 4.81. The summed E-state index contributed by atoms with van der Waals surface area (Å²) in [5.74, 6) is 0.680. The van der Waals surface area contributed by atoms with E-state index in [2.05, 4.69) is 27.7 Å². The Morgan fingerprint density at radius 3 is 2.43 bits per heavy atom. The third-order valence-electron chi connectivity index (χ3n) is 2.38. The Labute approximate surface area is 89.7 Å². The molecule has 0 aliphatic carbocycles. The Morgan fingerprint density at radius 1 is 1.29 bits per heavy atom. The van der Waals surface area contributed by atoms with Crippen molar-refractivity contribution in [3.63, 3.8) is 0 Å². The molecule has 0 aliphatic rings. The van der Waals surface area contributed by atoms with Gasteiger partial charge >= 0.3 is 8.69 Å². The summed E-state index contributed by atoms with van der Waals surface area (Å²) in [7, 11) is -0.189. The molecule has 0 fully saturated rings. The van der Waals surface area contributed by atoms with E-state index in [1.165, 1.54) is 19.3 Å². The largest absolute Gasteiger partial charge is 0.327 e. The SMILES string of the molecule is CC(CCCC(C)(C)C)CCOP=O. The molecule has 0 bridgehead atoms. The number of hydrogen-bond acceptors (Lipinski definition) is 2. The first-order valence-electron chi connectivity index (χ1n) is 5.40. The van der Waals surface area contributed by atoms with Gasteiger partial charge in [0.2, 0.25) is 0 Å². The Morgan fingerprint density at radius 2 is 1.93 bits per heavy atom. The summed E-state index contributed by atoms with van der Waals surface area (Å²) >= 11 is 0. The highest BCUT2D eigenvalue weighted by Crippen LogP contribution is 2.24. The van der Waals surface area contributed by atoms with Crippen LogP contribution in [0.25, 0.3) is 0 Å². The fraction of sp³-hybridized carbons (Fsp3) is 1.00. The van der Waals surface area contributed by atoms with E-state index in [9.17, 15) is 4.57 Å².